The number of carboxylic acids is 1. The highest BCUT2D eigenvalue weighted by Gasteiger charge is 2.37. The van der Waals surface area contributed by atoms with E-state index in [9.17, 15) is 14.7 Å². The minimum absolute atomic E-state index is 0.0552. The predicted molar refractivity (Wildman–Crippen MR) is 78.6 cm³/mol. The molecular weight excluding hydrogens is 254 g/mol. The summed E-state index contributed by atoms with van der Waals surface area (Å²) in [4.78, 5) is 23.6. The van der Waals surface area contributed by atoms with Crippen molar-refractivity contribution >= 4 is 11.9 Å². The van der Waals surface area contributed by atoms with Crippen molar-refractivity contribution in [2.45, 2.75) is 51.5 Å². The molecule has 2 atom stereocenters. The number of hydrogen-bond donors (Lipinski definition) is 2. The topological polar surface area (TPSA) is 66.4 Å². The fourth-order valence-electron chi connectivity index (χ4n) is 2.26. The summed E-state index contributed by atoms with van der Waals surface area (Å²) in [5.41, 5.74) is -0.553. The fourth-order valence-corrected chi connectivity index (χ4v) is 2.26. The van der Waals surface area contributed by atoms with Gasteiger partial charge in [-0.15, -0.1) is 0 Å². The molecule has 1 rings (SSSR count). The third kappa shape index (κ3) is 4.08. The Morgan fingerprint density at radius 1 is 1.30 bits per heavy atom. The van der Waals surface area contributed by atoms with Crippen LogP contribution in [0.3, 0.4) is 0 Å². The van der Waals surface area contributed by atoms with E-state index >= 15 is 0 Å². The summed E-state index contributed by atoms with van der Waals surface area (Å²) in [5, 5.41) is 12.4. The van der Waals surface area contributed by atoms with Gasteiger partial charge in [0.15, 0.2) is 0 Å². The van der Waals surface area contributed by atoms with Crippen LogP contribution in [-0.2, 0) is 15.0 Å². The van der Waals surface area contributed by atoms with E-state index in [4.69, 9.17) is 0 Å². The van der Waals surface area contributed by atoms with Gasteiger partial charge in [0.2, 0.25) is 5.91 Å². The summed E-state index contributed by atoms with van der Waals surface area (Å²) in [6, 6.07) is 8.96. The van der Waals surface area contributed by atoms with E-state index in [1.54, 1.807) is 31.2 Å². The third-order valence-corrected chi connectivity index (χ3v) is 3.53. The van der Waals surface area contributed by atoms with Crippen LogP contribution in [0, 0.1) is 0 Å². The highest BCUT2D eigenvalue weighted by molar-refractivity contribution is 5.89. The van der Waals surface area contributed by atoms with Gasteiger partial charge in [0.1, 0.15) is 0 Å². The number of rotatable bonds is 7. The second kappa shape index (κ2) is 7.08. The van der Waals surface area contributed by atoms with Gasteiger partial charge in [0.25, 0.3) is 0 Å². The van der Waals surface area contributed by atoms with Gasteiger partial charge < -0.3 is 10.4 Å². The number of carbonyl (C=O) groups excluding carboxylic acids is 1. The van der Waals surface area contributed by atoms with E-state index in [1.165, 1.54) is 0 Å². The number of carbonyl (C=O) groups is 2. The van der Waals surface area contributed by atoms with Crippen LogP contribution in [0.25, 0.3) is 0 Å². The molecule has 20 heavy (non-hydrogen) atoms. The molecule has 0 aromatic heterocycles. The molecule has 0 aliphatic heterocycles. The van der Waals surface area contributed by atoms with Gasteiger partial charge in [-0.1, -0.05) is 43.7 Å². The fraction of sp³-hybridized carbons (Fsp3) is 0.500. The summed E-state index contributed by atoms with van der Waals surface area (Å²) in [7, 11) is 0. The molecule has 4 heteroatoms. The van der Waals surface area contributed by atoms with E-state index in [0.717, 1.165) is 12.8 Å². The molecule has 2 N–H and O–H groups in total. The van der Waals surface area contributed by atoms with Gasteiger partial charge >= 0.3 is 5.97 Å². The van der Waals surface area contributed by atoms with Gasteiger partial charge in [-0.25, -0.2) is 0 Å². The van der Waals surface area contributed by atoms with Crippen LogP contribution in [0.4, 0.5) is 0 Å². The SMILES string of the molecule is CCCC(C)NC(=O)CC(C)(C(=O)O)c1ccccc1. The molecular formula is C16H23NO3. The molecule has 0 saturated carbocycles. The van der Waals surface area contributed by atoms with Crippen LogP contribution in [0.15, 0.2) is 30.3 Å². The average Bonchev–Trinajstić information content (AvgIpc) is 2.39. The van der Waals surface area contributed by atoms with Gasteiger partial charge in [0.05, 0.1) is 5.41 Å². The standard InChI is InChI=1S/C16H23NO3/c1-4-8-12(2)17-14(18)11-16(3,15(19)20)13-9-6-5-7-10-13/h5-7,9-10,12H,4,8,11H2,1-3H3,(H,17,18)(H,19,20). The maximum Gasteiger partial charge on any atom is 0.314 e. The van der Waals surface area contributed by atoms with Crippen molar-refractivity contribution < 1.29 is 14.7 Å². The number of hydrogen-bond acceptors (Lipinski definition) is 2. The Balaban J connectivity index is 2.83. The molecule has 0 radical (unpaired) electrons. The number of benzene rings is 1. The Kier molecular flexibility index (Phi) is 5.74. The first-order chi connectivity index (χ1) is 9.40. The summed E-state index contributed by atoms with van der Waals surface area (Å²) in [5.74, 6) is -1.21. The summed E-state index contributed by atoms with van der Waals surface area (Å²) in [6.45, 7) is 5.57. The summed E-state index contributed by atoms with van der Waals surface area (Å²) < 4.78 is 0. The van der Waals surface area contributed by atoms with Crippen molar-refractivity contribution in [1.82, 2.24) is 5.32 Å². The Morgan fingerprint density at radius 3 is 2.40 bits per heavy atom. The lowest BCUT2D eigenvalue weighted by molar-refractivity contribution is -0.145. The minimum atomic E-state index is -1.20. The number of nitrogens with one attached hydrogen (secondary N) is 1. The zero-order chi connectivity index (χ0) is 15.2. The van der Waals surface area contributed by atoms with Crippen LogP contribution in [-0.4, -0.2) is 23.0 Å². The lowest BCUT2D eigenvalue weighted by Gasteiger charge is -2.25. The van der Waals surface area contributed by atoms with Gasteiger partial charge in [0, 0.05) is 12.5 Å². The molecule has 0 spiro atoms. The van der Waals surface area contributed by atoms with Crippen molar-refractivity contribution in [1.29, 1.82) is 0 Å². The molecule has 1 aromatic rings. The zero-order valence-corrected chi connectivity index (χ0v) is 12.3. The quantitative estimate of drug-likeness (QED) is 0.805. The smallest absolute Gasteiger partial charge is 0.314 e. The first-order valence-electron chi connectivity index (χ1n) is 6.98. The minimum Gasteiger partial charge on any atom is -0.481 e. The Morgan fingerprint density at radius 2 is 1.90 bits per heavy atom. The van der Waals surface area contributed by atoms with E-state index in [-0.39, 0.29) is 18.4 Å². The highest BCUT2D eigenvalue weighted by Crippen LogP contribution is 2.28. The Labute approximate surface area is 120 Å². The monoisotopic (exact) mass is 277 g/mol. The van der Waals surface area contributed by atoms with E-state index in [1.807, 2.05) is 19.9 Å². The summed E-state index contributed by atoms with van der Waals surface area (Å²) >= 11 is 0. The van der Waals surface area contributed by atoms with Gasteiger partial charge in [-0.05, 0) is 25.8 Å². The molecule has 4 nitrogen and oxygen atoms in total. The van der Waals surface area contributed by atoms with E-state index < -0.39 is 11.4 Å². The van der Waals surface area contributed by atoms with Crippen molar-refractivity contribution in [3.8, 4) is 0 Å². The van der Waals surface area contributed by atoms with Crippen molar-refractivity contribution in [2.24, 2.45) is 0 Å². The first-order valence-corrected chi connectivity index (χ1v) is 6.98. The third-order valence-electron chi connectivity index (χ3n) is 3.53. The van der Waals surface area contributed by atoms with Crippen molar-refractivity contribution in [3.05, 3.63) is 35.9 Å². The molecule has 1 aromatic carbocycles. The largest absolute Gasteiger partial charge is 0.481 e. The molecule has 0 saturated heterocycles. The van der Waals surface area contributed by atoms with Crippen LogP contribution < -0.4 is 5.32 Å². The summed E-state index contributed by atoms with van der Waals surface area (Å²) in [6.07, 6.45) is 1.82. The van der Waals surface area contributed by atoms with Crippen molar-refractivity contribution in [3.63, 3.8) is 0 Å². The molecule has 110 valence electrons. The van der Waals surface area contributed by atoms with Crippen molar-refractivity contribution in [2.75, 3.05) is 0 Å². The molecule has 0 fully saturated rings. The Hall–Kier alpha value is -1.84. The molecule has 1 amide bonds. The van der Waals surface area contributed by atoms with Crippen LogP contribution in [0.2, 0.25) is 0 Å². The molecule has 2 unspecified atom stereocenters. The predicted octanol–water partition coefficient (Wildman–Crippen LogP) is 2.72. The lowest BCUT2D eigenvalue weighted by atomic mass is 9.79. The number of carboxylic acid groups (broad SMARTS) is 1. The average molecular weight is 277 g/mol. The highest BCUT2D eigenvalue weighted by atomic mass is 16.4. The number of aliphatic carboxylic acids is 1. The second-order valence-corrected chi connectivity index (χ2v) is 5.44. The maximum atomic E-state index is 12.0. The zero-order valence-electron chi connectivity index (χ0n) is 12.3. The van der Waals surface area contributed by atoms with E-state index in [2.05, 4.69) is 5.32 Å². The second-order valence-electron chi connectivity index (χ2n) is 5.44. The van der Waals surface area contributed by atoms with Crippen LogP contribution in [0.1, 0.15) is 45.6 Å². The van der Waals surface area contributed by atoms with Crippen LogP contribution >= 0.6 is 0 Å². The first kappa shape index (κ1) is 16.2. The Bertz CT molecular complexity index is 458. The van der Waals surface area contributed by atoms with Gasteiger partial charge in [-0.3, -0.25) is 9.59 Å². The number of amides is 1. The van der Waals surface area contributed by atoms with E-state index in [0.29, 0.717) is 5.56 Å². The normalized spacial score (nSPS) is 15.2. The molecule has 0 aliphatic carbocycles. The molecule has 0 heterocycles. The molecule has 0 aliphatic rings. The van der Waals surface area contributed by atoms with Crippen LogP contribution in [0.5, 0.6) is 0 Å². The lowest BCUT2D eigenvalue weighted by Crippen LogP contribution is -2.41. The molecule has 0 bridgehead atoms. The maximum absolute atomic E-state index is 12.0. The van der Waals surface area contributed by atoms with Gasteiger partial charge in [-0.2, -0.15) is 0 Å².